The zero-order valence-corrected chi connectivity index (χ0v) is 11.6. The molecule has 0 saturated carbocycles. The van der Waals surface area contributed by atoms with Gasteiger partial charge in [0, 0.05) is 19.4 Å². The van der Waals surface area contributed by atoms with E-state index in [1.807, 2.05) is 6.92 Å². The third-order valence-corrected chi connectivity index (χ3v) is 2.23. The summed E-state index contributed by atoms with van der Waals surface area (Å²) in [7, 11) is 0. The van der Waals surface area contributed by atoms with Crippen LogP contribution in [0.25, 0.3) is 0 Å². The molecule has 1 N–H and O–H groups in total. The van der Waals surface area contributed by atoms with Crippen molar-refractivity contribution in [2.45, 2.75) is 39.0 Å². The van der Waals surface area contributed by atoms with Crippen molar-refractivity contribution < 1.29 is 28.9 Å². The molecule has 6 nitrogen and oxygen atoms in total. The molecule has 0 aliphatic rings. The molecule has 0 heterocycles. The second kappa shape index (κ2) is 13.3. The second-order valence-electron chi connectivity index (χ2n) is 4.05. The molecule has 0 atom stereocenters. The van der Waals surface area contributed by atoms with Crippen molar-refractivity contribution in [1.29, 1.82) is 0 Å². The van der Waals surface area contributed by atoms with E-state index in [1.54, 1.807) is 0 Å². The normalized spacial score (nSPS) is 10.4. The minimum absolute atomic E-state index is 0.0914. The summed E-state index contributed by atoms with van der Waals surface area (Å²) in [4.78, 5) is 21.5. The highest BCUT2D eigenvalue weighted by Crippen LogP contribution is 2.01. The molecule has 0 saturated heterocycles. The Hall–Kier alpha value is -1.14. The molecule has 0 aliphatic carbocycles. The van der Waals surface area contributed by atoms with E-state index in [1.165, 1.54) is 0 Å². The summed E-state index contributed by atoms with van der Waals surface area (Å²) in [5, 5.41) is 8.41. The third-order valence-electron chi connectivity index (χ3n) is 2.23. The molecule has 0 amide bonds. The van der Waals surface area contributed by atoms with Crippen LogP contribution in [0.1, 0.15) is 39.0 Å². The van der Waals surface area contributed by atoms with Crippen LogP contribution in [0.3, 0.4) is 0 Å². The number of carbonyl (C=O) groups is 2. The zero-order chi connectivity index (χ0) is 14.3. The third kappa shape index (κ3) is 14.8. The van der Waals surface area contributed by atoms with Gasteiger partial charge in [-0.1, -0.05) is 6.92 Å². The van der Waals surface area contributed by atoms with Crippen LogP contribution in [-0.2, 0) is 23.8 Å². The number of carboxylic acids is 1. The molecule has 0 aromatic carbocycles. The van der Waals surface area contributed by atoms with Gasteiger partial charge in [0.05, 0.1) is 19.8 Å². The molecule has 0 bridgehead atoms. The molecule has 0 radical (unpaired) electrons. The Morgan fingerprint density at radius 1 is 0.895 bits per heavy atom. The van der Waals surface area contributed by atoms with Gasteiger partial charge in [0.2, 0.25) is 0 Å². The van der Waals surface area contributed by atoms with Gasteiger partial charge in [0.15, 0.2) is 0 Å². The summed E-state index contributed by atoms with van der Waals surface area (Å²) in [6.45, 7) is 4.40. The average molecular weight is 276 g/mol. The molecule has 0 aromatic heterocycles. The van der Waals surface area contributed by atoms with Gasteiger partial charge in [0.25, 0.3) is 0 Å². The Balaban J connectivity index is 3.18. The van der Waals surface area contributed by atoms with E-state index in [0.29, 0.717) is 32.7 Å². The molecule has 0 aliphatic heterocycles. The van der Waals surface area contributed by atoms with Crippen molar-refractivity contribution in [2.75, 3.05) is 33.0 Å². The fourth-order valence-electron chi connectivity index (χ4n) is 1.30. The summed E-state index contributed by atoms with van der Waals surface area (Å²) in [6.07, 6.45) is 2.37. The van der Waals surface area contributed by atoms with Crippen LogP contribution in [0.15, 0.2) is 0 Å². The van der Waals surface area contributed by atoms with Gasteiger partial charge in [-0.25, -0.2) is 0 Å². The fraction of sp³-hybridized carbons (Fsp3) is 0.846. The summed E-state index contributed by atoms with van der Waals surface area (Å²) < 4.78 is 15.3. The SMILES string of the molecule is CCCOCCOCCOC(=O)CCCCC(=O)O. The lowest BCUT2D eigenvalue weighted by molar-refractivity contribution is -0.146. The molecule has 112 valence electrons. The van der Waals surface area contributed by atoms with E-state index in [0.717, 1.165) is 13.0 Å². The van der Waals surface area contributed by atoms with Crippen LogP contribution in [0.5, 0.6) is 0 Å². The quantitative estimate of drug-likeness (QED) is 0.406. The Bertz CT molecular complexity index is 241. The molecule has 19 heavy (non-hydrogen) atoms. The van der Waals surface area contributed by atoms with Crippen molar-refractivity contribution in [3.05, 3.63) is 0 Å². The number of carboxylic acid groups (broad SMARTS) is 1. The van der Waals surface area contributed by atoms with Crippen LogP contribution in [-0.4, -0.2) is 50.1 Å². The smallest absolute Gasteiger partial charge is 0.305 e. The molecule has 0 spiro atoms. The van der Waals surface area contributed by atoms with Gasteiger partial charge in [-0.3, -0.25) is 9.59 Å². The number of rotatable bonds is 13. The average Bonchev–Trinajstić information content (AvgIpc) is 2.37. The van der Waals surface area contributed by atoms with Crippen molar-refractivity contribution >= 4 is 11.9 Å². The molecule has 0 rings (SSSR count). The number of carbonyl (C=O) groups excluding carboxylic acids is 1. The summed E-state index contributed by atoms with van der Waals surface area (Å²) in [5.41, 5.74) is 0. The van der Waals surface area contributed by atoms with Gasteiger partial charge in [-0.15, -0.1) is 0 Å². The number of aliphatic carboxylic acids is 1. The molecular formula is C13H24O6. The maximum Gasteiger partial charge on any atom is 0.305 e. The summed E-state index contributed by atoms with van der Waals surface area (Å²) in [5.74, 6) is -1.15. The number of hydrogen-bond donors (Lipinski definition) is 1. The van der Waals surface area contributed by atoms with Crippen LogP contribution >= 0.6 is 0 Å². The number of hydrogen-bond acceptors (Lipinski definition) is 5. The topological polar surface area (TPSA) is 82.1 Å². The van der Waals surface area contributed by atoms with Gasteiger partial charge in [-0.2, -0.15) is 0 Å². The number of ether oxygens (including phenoxy) is 3. The van der Waals surface area contributed by atoms with E-state index in [4.69, 9.17) is 19.3 Å². The van der Waals surface area contributed by atoms with E-state index in [2.05, 4.69) is 0 Å². The predicted molar refractivity (Wildman–Crippen MR) is 69.0 cm³/mol. The first kappa shape index (κ1) is 17.9. The Morgan fingerprint density at radius 2 is 1.47 bits per heavy atom. The van der Waals surface area contributed by atoms with Gasteiger partial charge in [-0.05, 0) is 19.3 Å². The fourth-order valence-corrected chi connectivity index (χ4v) is 1.30. The Morgan fingerprint density at radius 3 is 2.11 bits per heavy atom. The molecule has 0 fully saturated rings. The first-order valence-electron chi connectivity index (χ1n) is 6.69. The highest BCUT2D eigenvalue weighted by atomic mass is 16.6. The molecule has 0 aromatic rings. The number of esters is 1. The number of unbranched alkanes of at least 4 members (excludes halogenated alkanes) is 1. The van der Waals surface area contributed by atoms with Gasteiger partial charge in [0.1, 0.15) is 6.61 Å². The summed E-state index contributed by atoms with van der Waals surface area (Å²) in [6, 6.07) is 0. The highest BCUT2D eigenvalue weighted by molar-refractivity contribution is 5.69. The van der Waals surface area contributed by atoms with Crippen LogP contribution < -0.4 is 0 Å². The zero-order valence-electron chi connectivity index (χ0n) is 11.6. The standard InChI is InChI=1S/C13H24O6/c1-2-7-17-8-9-18-10-11-19-13(16)6-4-3-5-12(14)15/h2-11H2,1H3,(H,14,15). The van der Waals surface area contributed by atoms with Crippen LogP contribution in [0.4, 0.5) is 0 Å². The van der Waals surface area contributed by atoms with Crippen molar-refractivity contribution in [1.82, 2.24) is 0 Å². The largest absolute Gasteiger partial charge is 0.481 e. The van der Waals surface area contributed by atoms with Crippen LogP contribution in [0, 0.1) is 0 Å². The van der Waals surface area contributed by atoms with Crippen molar-refractivity contribution in [2.24, 2.45) is 0 Å². The lowest BCUT2D eigenvalue weighted by Gasteiger charge is -2.06. The van der Waals surface area contributed by atoms with E-state index in [-0.39, 0.29) is 25.4 Å². The Labute approximate surface area is 114 Å². The minimum atomic E-state index is -0.841. The predicted octanol–water partition coefficient (Wildman–Crippen LogP) is 1.62. The summed E-state index contributed by atoms with van der Waals surface area (Å²) >= 11 is 0. The maximum absolute atomic E-state index is 11.2. The van der Waals surface area contributed by atoms with E-state index >= 15 is 0 Å². The first-order valence-corrected chi connectivity index (χ1v) is 6.69. The first-order chi connectivity index (χ1) is 9.16. The van der Waals surface area contributed by atoms with Gasteiger partial charge < -0.3 is 19.3 Å². The monoisotopic (exact) mass is 276 g/mol. The lowest BCUT2D eigenvalue weighted by Crippen LogP contribution is -2.13. The second-order valence-corrected chi connectivity index (χ2v) is 4.05. The molecule has 0 unspecified atom stereocenters. The Kier molecular flexibility index (Phi) is 12.5. The molecule has 6 heteroatoms. The van der Waals surface area contributed by atoms with Gasteiger partial charge >= 0.3 is 11.9 Å². The van der Waals surface area contributed by atoms with Crippen molar-refractivity contribution in [3.8, 4) is 0 Å². The highest BCUT2D eigenvalue weighted by Gasteiger charge is 2.03. The van der Waals surface area contributed by atoms with E-state index in [9.17, 15) is 9.59 Å². The maximum atomic E-state index is 11.2. The van der Waals surface area contributed by atoms with Crippen LogP contribution in [0.2, 0.25) is 0 Å². The van der Waals surface area contributed by atoms with Crippen molar-refractivity contribution in [3.63, 3.8) is 0 Å². The van der Waals surface area contributed by atoms with E-state index < -0.39 is 5.97 Å². The molecular weight excluding hydrogens is 252 g/mol. The minimum Gasteiger partial charge on any atom is -0.481 e. The lowest BCUT2D eigenvalue weighted by atomic mass is 10.2.